The van der Waals surface area contributed by atoms with Crippen molar-refractivity contribution in [3.05, 3.63) is 41.2 Å². The number of tetrazole rings is 1. The van der Waals surface area contributed by atoms with Gasteiger partial charge in [0.25, 0.3) is 0 Å². The van der Waals surface area contributed by atoms with Crippen LogP contribution in [0.4, 0.5) is 13.2 Å². The SMILES string of the molecule is Cn1nnc(CC(=O)Cc2cccc(C(F)(F)F)c2)n1. The van der Waals surface area contributed by atoms with Crippen molar-refractivity contribution in [1.29, 1.82) is 0 Å². The lowest BCUT2D eigenvalue weighted by atomic mass is 10.0. The lowest BCUT2D eigenvalue weighted by Gasteiger charge is -2.08. The van der Waals surface area contributed by atoms with Crippen molar-refractivity contribution in [2.75, 3.05) is 0 Å². The van der Waals surface area contributed by atoms with E-state index in [4.69, 9.17) is 0 Å². The average Bonchev–Trinajstić information content (AvgIpc) is 2.73. The van der Waals surface area contributed by atoms with Gasteiger partial charge in [0.1, 0.15) is 5.78 Å². The second-order valence-corrected chi connectivity index (χ2v) is 4.29. The number of aromatic nitrogens is 4. The minimum atomic E-state index is -4.41. The first-order valence-electron chi connectivity index (χ1n) is 5.75. The Hall–Kier alpha value is -2.25. The maximum absolute atomic E-state index is 12.5. The van der Waals surface area contributed by atoms with Gasteiger partial charge in [-0.3, -0.25) is 4.79 Å². The molecule has 0 unspecified atom stereocenters. The molecule has 0 aliphatic rings. The fourth-order valence-electron chi connectivity index (χ4n) is 1.72. The van der Waals surface area contributed by atoms with E-state index in [2.05, 4.69) is 15.4 Å². The van der Waals surface area contributed by atoms with E-state index in [9.17, 15) is 18.0 Å². The molecule has 20 heavy (non-hydrogen) atoms. The molecule has 2 aromatic rings. The molecule has 0 fully saturated rings. The number of benzene rings is 1. The van der Waals surface area contributed by atoms with Crippen LogP contribution in [-0.2, 0) is 30.9 Å². The smallest absolute Gasteiger partial charge is 0.299 e. The van der Waals surface area contributed by atoms with E-state index < -0.39 is 11.7 Å². The molecule has 1 aromatic heterocycles. The molecule has 0 radical (unpaired) electrons. The van der Waals surface area contributed by atoms with E-state index in [-0.39, 0.29) is 24.4 Å². The van der Waals surface area contributed by atoms with Crippen LogP contribution >= 0.6 is 0 Å². The molecule has 1 aromatic carbocycles. The summed E-state index contributed by atoms with van der Waals surface area (Å²) in [5.74, 6) is -0.0122. The second-order valence-electron chi connectivity index (χ2n) is 4.29. The van der Waals surface area contributed by atoms with Crippen molar-refractivity contribution in [2.24, 2.45) is 7.05 Å². The van der Waals surface area contributed by atoms with Gasteiger partial charge in [0.15, 0.2) is 5.82 Å². The van der Waals surface area contributed by atoms with Gasteiger partial charge < -0.3 is 0 Å². The summed E-state index contributed by atoms with van der Waals surface area (Å²) in [7, 11) is 1.56. The maximum atomic E-state index is 12.5. The molecule has 0 N–H and O–H groups in total. The highest BCUT2D eigenvalue weighted by Gasteiger charge is 2.30. The number of carbonyl (C=O) groups excluding carboxylic acids is 1. The van der Waals surface area contributed by atoms with Gasteiger partial charge in [-0.25, -0.2) is 0 Å². The number of Topliss-reactive ketones (excluding diaryl/α,β-unsaturated/α-hetero) is 1. The normalized spacial score (nSPS) is 11.6. The Morgan fingerprint density at radius 3 is 2.65 bits per heavy atom. The number of hydrogen-bond acceptors (Lipinski definition) is 4. The van der Waals surface area contributed by atoms with E-state index in [0.717, 1.165) is 12.1 Å². The lowest BCUT2D eigenvalue weighted by Crippen LogP contribution is -2.10. The maximum Gasteiger partial charge on any atom is 0.416 e. The largest absolute Gasteiger partial charge is 0.416 e. The van der Waals surface area contributed by atoms with Gasteiger partial charge in [-0.15, -0.1) is 10.2 Å². The molecule has 0 saturated carbocycles. The van der Waals surface area contributed by atoms with Crippen LogP contribution in [0, 0.1) is 0 Å². The third-order valence-electron chi connectivity index (χ3n) is 2.56. The number of halogens is 3. The Morgan fingerprint density at radius 2 is 2.05 bits per heavy atom. The molecule has 8 heteroatoms. The summed E-state index contributed by atoms with van der Waals surface area (Å²) in [5, 5.41) is 11.1. The topological polar surface area (TPSA) is 60.7 Å². The predicted molar refractivity (Wildman–Crippen MR) is 62.7 cm³/mol. The number of ketones is 1. The van der Waals surface area contributed by atoms with Gasteiger partial charge >= 0.3 is 6.18 Å². The molecular weight excluding hydrogens is 273 g/mol. The third kappa shape index (κ3) is 3.62. The van der Waals surface area contributed by atoms with Crippen LogP contribution in [-0.4, -0.2) is 26.0 Å². The molecule has 0 atom stereocenters. The van der Waals surface area contributed by atoms with E-state index in [1.165, 1.54) is 16.9 Å². The van der Waals surface area contributed by atoms with Crippen LogP contribution in [0.1, 0.15) is 17.0 Å². The van der Waals surface area contributed by atoms with Crippen molar-refractivity contribution >= 4 is 5.78 Å². The molecule has 0 amide bonds. The van der Waals surface area contributed by atoms with Crippen molar-refractivity contribution in [2.45, 2.75) is 19.0 Å². The Labute approximate surface area is 112 Å². The summed E-state index contributed by atoms with van der Waals surface area (Å²) in [6, 6.07) is 4.71. The fourth-order valence-corrected chi connectivity index (χ4v) is 1.72. The Morgan fingerprint density at radius 1 is 1.30 bits per heavy atom. The first-order chi connectivity index (χ1) is 9.34. The Bertz CT molecular complexity index is 621. The van der Waals surface area contributed by atoms with Gasteiger partial charge in [0, 0.05) is 6.42 Å². The second kappa shape index (κ2) is 5.40. The molecule has 0 bridgehead atoms. The highest BCUT2D eigenvalue weighted by molar-refractivity contribution is 5.82. The summed E-state index contributed by atoms with van der Waals surface area (Å²) in [6.45, 7) is 0. The van der Waals surface area contributed by atoms with Gasteiger partial charge in [0.05, 0.1) is 19.0 Å². The molecule has 0 saturated heterocycles. The molecule has 2 rings (SSSR count). The number of aryl methyl sites for hydroxylation is 1. The van der Waals surface area contributed by atoms with Gasteiger partial charge in [-0.2, -0.15) is 18.0 Å². The van der Waals surface area contributed by atoms with Crippen molar-refractivity contribution in [3.63, 3.8) is 0 Å². The van der Waals surface area contributed by atoms with Crippen molar-refractivity contribution < 1.29 is 18.0 Å². The van der Waals surface area contributed by atoms with Crippen LogP contribution in [0.5, 0.6) is 0 Å². The van der Waals surface area contributed by atoms with Crippen molar-refractivity contribution in [3.8, 4) is 0 Å². The van der Waals surface area contributed by atoms with Crippen LogP contribution < -0.4 is 0 Å². The molecule has 0 aliphatic heterocycles. The summed E-state index contributed by atoms with van der Waals surface area (Å²) in [5.41, 5.74) is -0.450. The minimum absolute atomic E-state index is 0.0515. The van der Waals surface area contributed by atoms with Crippen LogP contribution in [0.2, 0.25) is 0 Å². The quantitative estimate of drug-likeness (QED) is 0.855. The molecule has 5 nitrogen and oxygen atoms in total. The number of carbonyl (C=O) groups is 1. The number of alkyl halides is 3. The van der Waals surface area contributed by atoms with E-state index in [0.29, 0.717) is 5.56 Å². The Kier molecular flexibility index (Phi) is 3.82. The van der Waals surface area contributed by atoms with Crippen LogP contribution in [0.15, 0.2) is 24.3 Å². The van der Waals surface area contributed by atoms with Gasteiger partial charge in [0.2, 0.25) is 0 Å². The van der Waals surface area contributed by atoms with Crippen molar-refractivity contribution in [1.82, 2.24) is 20.2 Å². The molecule has 1 heterocycles. The van der Waals surface area contributed by atoms with E-state index in [1.807, 2.05) is 0 Å². The zero-order chi connectivity index (χ0) is 14.8. The fraction of sp³-hybridized carbons (Fsp3) is 0.333. The first kappa shape index (κ1) is 14.2. The first-order valence-corrected chi connectivity index (χ1v) is 5.75. The number of hydrogen-bond donors (Lipinski definition) is 0. The molecular formula is C12H11F3N4O. The summed E-state index contributed by atoms with van der Waals surface area (Å²) < 4.78 is 37.6. The van der Waals surface area contributed by atoms with E-state index in [1.54, 1.807) is 7.05 Å². The minimum Gasteiger partial charge on any atom is -0.299 e. The average molecular weight is 284 g/mol. The standard InChI is InChI=1S/C12H11F3N4O/c1-19-17-11(16-18-19)7-10(20)6-8-3-2-4-9(5-8)12(13,14)15/h2-5H,6-7H2,1H3. The molecule has 0 aliphatic carbocycles. The predicted octanol–water partition coefficient (Wildman–Crippen LogP) is 1.58. The zero-order valence-corrected chi connectivity index (χ0v) is 10.6. The highest BCUT2D eigenvalue weighted by Crippen LogP contribution is 2.29. The Balaban J connectivity index is 2.04. The van der Waals surface area contributed by atoms with Crippen LogP contribution in [0.3, 0.4) is 0 Å². The van der Waals surface area contributed by atoms with Crippen LogP contribution in [0.25, 0.3) is 0 Å². The summed E-state index contributed by atoms with van der Waals surface area (Å²) >= 11 is 0. The van der Waals surface area contributed by atoms with E-state index >= 15 is 0 Å². The number of rotatable bonds is 4. The third-order valence-corrected chi connectivity index (χ3v) is 2.56. The molecule has 0 spiro atoms. The lowest BCUT2D eigenvalue weighted by molar-refractivity contribution is -0.137. The number of nitrogens with zero attached hydrogens (tertiary/aromatic N) is 4. The van der Waals surface area contributed by atoms with Gasteiger partial charge in [-0.1, -0.05) is 18.2 Å². The summed E-state index contributed by atoms with van der Waals surface area (Å²) in [4.78, 5) is 13.0. The zero-order valence-electron chi connectivity index (χ0n) is 10.6. The van der Waals surface area contributed by atoms with Gasteiger partial charge in [-0.05, 0) is 16.8 Å². The summed E-state index contributed by atoms with van der Waals surface area (Å²) in [6.07, 6.45) is -4.56. The monoisotopic (exact) mass is 284 g/mol. The highest BCUT2D eigenvalue weighted by atomic mass is 19.4. The molecule has 106 valence electrons.